The molecule has 2 atom stereocenters. The molecule has 0 aliphatic carbocycles. The quantitative estimate of drug-likeness (QED) is 0.343. The molecule has 9 nitrogen and oxygen atoms in total. The van der Waals surface area contributed by atoms with Gasteiger partial charge < -0.3 is 26.0 Å². The van der Waals surface area contributed by atoms with Crippen molar-refractivity contribution in [3.8, 4) is 0 Å². The highest BCUT2D eigenvalue weighted by molar-refractivity contribution is 5.89. The van der Waals surface area contributed by atoms with Crippen LogP contribution in [0.1, 0.15) is 39.2 Å². The lowest BCUT2D eigenvalue weighted by Crippen LogP contribution is -2.52. The molecule has 5 N–H and O–H groups in total. The molecule has 0 aliphatic rings. The van der Waals surface area contributed by atoms with Crippen LogP contribution in [0.4, 0.5) is 13.2 Å². The maximum atomic E-state index is 12.4. The number of aliphatic carboxylic acids is 3. The first-order chi connectivity index (χ1) is 15.0. The molecule has 12 heteroatoms. The van der Waals surface area contributed by atoms with Crippen LogP contribution in [0.2, 0.25) is 0 Å². The second-order valence-corrected chi connectivity index (χ2v) is 8.31. The lowest BCUT2D eigenvalue weighted by Gasteiger charge is -2.23. The monoisotopic (exact) mass is 478 g/mol. The van der Waals surface area contributed by atoms with Crippen LogP contribution >= 0.6 is 0 Å². The van der Waals surface area contributed by atoms with Gasteiger partial charge in [-0.2, -0.15) is 13.2 Å². The van der Waals surface area contributed by atoms with Gasteiger partial charge in [-0.05, 0) is 23.9 Å². The van der Waals surface area contributed by atoms with E-state index in [9.17, 15) is 32.7 Å². The summed E-state index contributed by atoms with van der Waals surface area (Å²) in [6.07, 6.45) is -4.61. The van der Waals surface area contributed by atoms with Gasteiger partial charge in [-0.15, -0.1) is 0 Å². The SMILES string of the molecule is CC(C)(C)CCN[C@@H](CC(=O)O)C(=O)N[C@@H](Cc1ccccc1)C(=O)O.O=C(O)C(F)(F)F. The van der Waals surface area contributed by atoms with E-state index < -0.39 is 48.5 Å². The Morgan fingerprint density at radius 2 is 1.45 bits per heavy atom. The predicted molar refractivity (Wildman–Crippen MR) is 112 cm³/mol. The summed E-state index contributed by atoms with van der Waals surface area (Å²) in [6, 6.07) is 6.85. The van der Waals surface area contributed by atoms with E-state index in [2.05, 4.69) is 10.6 Å². The van der Waals surface area contributed by atoms with Crippen LogP contribution in [0.5, 0.6) is 0 Å². The number of carbonyl (C=O) groups is 4. The Morgan fingerprint density at radius 3 is 1.85 bits per heavy atom. The van der Waals surface area contributed by atoms with Gasteiger partial charge in [-0.1, -0.05) is 51.1 Å². The summed E-state index contributed by atoms with van der Waals surface area (Å²) in [5, 5.41) is 30.9. The highest BCUT2D eigenvalue weighted by Gasteiger charge is 2.38. The number of carbonyl (C=O) groups excluding carboxylic acids is 1. The average Bonchev–Trinajstić information content (AvgIpc) is 2.65. The molecule has 1 aromatic rings. The molecule has 0 radical (unpaired) electrons. The number of carboxylic acids is 3. The Balaban J connectivity index is 0.00000126. The zero-order valence-corrected chi connectivity index (χ0v) is 18.5. The molecule has 0 unspecified atom stereocenters. The first kappa shape index (κ1) is 29.9. The third-order valence-corrected chi connectivity index (χ3v) is 4.10. The molecule has 1 amide bonds. The van der Waals surface area contributed by atoms with Gasteiger partial charge in [-0.3, -0.25) is 9.59 Å². The van der Waals surface area contributed by atoms with Gasteiger partial charge in [0.1, 0.15) is 6.04 Å². The highest BCUT2D eigenvalue weighted by Crippen LogP contribution is 2.17. The highest BCUT2D eigenvalue weighted by atomic mass is 19.4. The molecular formula is C21H29F3N2O7. The van der Waals surface area contributed by atoms with Crippen molar-refractivity contribution < 1.29 is 47.7 Å². The van der Waals surface area contributed by atoms with Crippen molar-refractivity contribution in [2.45, 2.75) is 58.3 Å². The minimum Gasteiger partial charge on any atom is -0.481 e. The lowest BCUT2D eigenvalue weighted by molar-refractivity contribution is -0.192. The van der Waals surface area contributed by atoms with Gasteiger partial charge in [0.15, 0.2) is 0 Å². The predicted octanol–water partition coefficient (Wildman–Crippen LogP) is 2.30. The number of carboxylic acid groups (broad SMARTS) is 3. The summed E-state index contributed by atoms with van der Waals surface area (Å²) in [4.78, 5) is 43.9. The van der Waals surface area contributed by atoms with E-state index in [0.717, 1.165) is 12.0 Å². The van der Waals surface area contributed by atoms with Crippen molar-refractivity contribution in [2.24, 2.45) is 5.41 Å². The van der Waals surface area contributed by atoms with E-state index in [-0.39, 0.29) is 11.8 Å². The van der Waals surface area contributed by atoms with Crippen molar-refractivity contribution in [1.29, 1.82) is 0 Å². The third kappa shape index (κ3) is 14.5. The number of hydrogen-bond donors (Lipinski definition) is 5. The van der Waals surface area contributed by atoms with Gasteiger partial charge in [0.2, 0.25) is 5.91 Å². The maximum absolute atomic E-state index is 12.4. The average molecular weight is 478 g/mol. The number of alkyl halides is 3. The fourth-order valence-electron chi connectivity index (χ4n) is 2.38. The van der Waals surface area contributed by atoms with E-state index in [1.54, 1.807) is 24.3 Å². The Kier molecular flexibility index (Phi) is 12.1. The molecule has 1 aromatic carbocycles. The zero-order chi connectivity index (χ0) is 25.8. The van der Waals surface area contributed by atoms with Crippen LogP contribution in [0.25, 0.3) is 0 Å². The molecule has 0 heterocycles. The van der Waals surface area contributed by atoms with Gasteiger partial charge in [-0.25, -0.2) is 9.59 Å². The van der Waals surface area contributed by atoms with Crippen molar-refractivity contribution in [3.63, 3.8) is 0 Å². The summed E-state index contributed by atoms with van der Waals surface area (Å²) < 4.78 is 31.7. The van der Waals surface area contributed by atoms with Crippen LogP contribution in [0.15, 0.2) is 30.3 Å². The van der Waals surface area contributed by atoms with Crippen molar-refractivity contribution in [3.05, 3.63) is 35.9 Å². The van der Waals surface area contributed by atoms with Gasteiger partial charge >= 0.3 is 24.1 Å². The first-order valence-electron chi connectivity index (χ1n) is 9.85. The van der Waals surface area contributed by atoms with E-state index in [1.165, 1.54) is 0 Å². The van der Waals surface area contributed by atoms with Crippen LogP contribution in [0, 0.1) is 5.41 Å². The minimum atomic E-state index is -5.08. The van der Waals surface area contributed by atoms with Crippen molar-refractivity contribution in [1.82, 2.24) is 10.6 Å². The van der Waals surface area contributed by atoms with Gasteiger partial charge in [0.25, 0.3) is 0 Å². The summed E-state index contributed by atoms with van der Waals surface area (Å²) in [5.74, 6) is -5.66. The minimum absolute atomic E-state index is 0.0359. The van der Waals surface area contributed by atoms with Crippen molar-refractivity contribution >= 4 is 23.8 Å². The fourth-order valence-corrected chi connectivity index (χ4v) is 2.38. The summed E-state index contributed by atoms with van der Waals surface area (Å²) in [7, 11) is 0. The Hall–Kier alpha value is -3.15. The standard InChI is InChI=1S/C19H28N2O5.C2HF3O2/c1-19(2,3)9-10-20-14(12-16(22)23)17(24)21-15(18(25)26)11-13-7-5-4-6-8-13;3-2(4,5)1(6)7/h4-8,14-15,20H,9-12H2,1-3H3,(H,21,24)(H,22,23)(H,25,26);(H,6,7)/t14-,15-;/m0./s1. The normalized spacial score (nSPS) is 13.2. The molecule has 0 aromatic heterocycles. The summed E-state index contributed by atoms with van der Waals surface area (Å²) in [5.41, 5.74) is 0.810. The molecule has 186 valence electrons. The van der Waals surface area contributed by atoms with E-state index in [0.29, 0.717) is 6.54 Å². The third-order valence-electron chi connectivity index (χ3n) is 4.10. The number of amides is 1. The fraction of sp³-hybridized carbons (Fsp3) is 0.524. The largest absolute Gasteiger partial charge is 0.490 e. The topological polar surface area (TPSA) is 153 Å². The number of rotatable bonds is 10. The maximum Gasteiger partial charge on any atom is 0.490 e. The first-order valence-corrected chi connectivity index (χ1v) is 9.85. The Morgan fingerprint density at radius 1 is 0.939 bits per heavy atom. The smallest absolute Gasteiger partial charge is 0.481 e. The Labute approximate surface area is 189 Å². The summed E-state index contributed by atoms with van der Waals surface area (Å²) >= 11 is 0. The van der Waals surface area contributed by atoms with E-state index >= 15 is 0 Å². The molecule has 0 saturated carbocycles. The van der Waals surface area contributed by atoms with E-state index in [4.69, 9.17) is 15.0 Å². The van der Waals surface area contributed by atoms with Gasteiger partial charge in [0, 0.05) is 6.42 Å². The molecule has 1 rings (SSSR count). The van der Waals surface area contributed by atoms with Crippen LogP contribution in [-0.2, 0) is 25.6 Å². The van der Waals surface area contributed by atoms with Crippen LogP contribution in [-0.4, -0.2) is 63.9 Å². The van der Waals surface area contributed by atoms with Crippen molar-refractivity contribution in [2.75, 3.05) is 6.54 Å². The number of halogens is 3. The Bertz CT molecular complexity index is 793. The second-order valence-electron chi connectivity index (χ2n) is 8.31. The molecule has 0 aliphatic heterocycles. The molecular weight excluding hydrogens is 449 g/mol. The molecule has 33 heavy (non-hydrogen) atoms. The van der Waals surface area contributed by atoms with Gasteiger partial charge in [0.05, 0.1) is 12.5 Å². The zero-order valence-electron chi connectivity index (χ0n) is 18.5. The number of benzene rings is 1. The lowest BCUT2D eigenvalue weighted by atomic mass is 9.92. The van der Waals surface area contributed by atoms with Crippen LogP contribution in [0.3, 0.4) is 0 Å². The number of hydrogen-bond acceptors (Lipinski definition) is 5. The summed E-state index contributed by atoms with van der Waals surface area (Å²) in [6.45, 7) is 6.59. The molecule has 0 bridgehead atoms. The second kappa shape index (κ2) is 13.4. The van der Waals surface area contributed by atoms with Crippen LogP contribution < -0.4 is 10.6 Å². The number of nitrogens with one attached hydrogen (secondary N) is 2. The molecule has 0 spiro atoms. The molecule has 0 fully saturated rings. The van der Waals surface area contributed by atoms with E-state index in [1.807, 2.05) is 26.8 Å². The molecule has 0 saturated heterocycles.